The molecule has 4 rings (SSSR count). The van der Waals surface area contributed by atoms with E-state index >= 15 is 0 Å². The number of benzene rings is 4. The number of halogens is 1. The fourth-order valence-corrected chi connectivity index (χ4v) is 4.39. The Kier molecular flexibility index (Phi) is 19.5. The third-order valence-corrected chi connectivity index (χ3v) is 7.12. The molecule has 0 aromatic heterocycles. The summed E-state index contributed by atoms with van der Waals surface area (Å²) in [5.74, 6) is 1.73. The molecule has 1 amide bonds. The Morgan fingerprint density at radius 2 is 1.09 bits per heavy atom. The third-order valence-electron chi connectivity index (χ3n) is 6.56. The van der Waals surface area contributed by atoms with Crippen LogP contribution in [0.5, 0.6) is 11.5 Å². The molecule has 0 bridgehead atoms. The van der Waals surface area contributed by atoms with Gasteiger partial charge in [-0.2, -0.15) is 0 Å². The molecular weight excluding hydrogens is 616 g/mol. The smallest absolute Gasteiger partial charge is 0.407 e. The van der Waals surface area contributed by atoms with Gasteiger partial charge in [0.15, 0.2) is 0 Å². The van der Waals surface area contributed by atoms with Gasteiger partial charge in [-0.1, -0.05) is 101 Å². The van der Waals surface area contributed by atoms with Crippen LogP contribution in [-0.4, -0.2) is 45.3 Å². The number of aryl methyl sites for hydroxylation is 2. The number of nitrogens with two attached hydrogens (primary N) is 1. The van der Waals surface area contributed by atoms with Crippen molar-refractivity contribution in [3.8, 4) is 11.5 Å². The molecule has 0 aliphatic carbocycles. The number of alkyl halides is 1. The third kappa shape index (κ3) is 16.7. The number of rotatable bonds is 14. The zero-order chi connectivity index (χ0) is 31.7. The molecule has 0 radical (unpaired) electrons. The zero-order valence-electron chi connectivity index (χ0n) is 26.1. The largest absolute Gasteiger partial charge is 0.497 e. The lowest BCUT2D eigenvalue weighted by Gasteiger charge is -2.07. The van der Waals surface area contributed by atoms with Crippen LogP contribution in [0.15, 0.2) is 109 Å². The molecule has 0 saturated carbocycles. The molecule has 4 aromatic carbocycles. The summed E-state index contributed by atoms with van der Waals surface area (Å²) in [5, 5.41) is 3.87. The van der Waals surface area contributed by atoms with Gasteiger partial charge in [0.25, 0.3) is 0 Å². The first-order valence-corrected chi connectivity index (χ1v) is 16.2. The van der Waals surface area contributed by atoms with E-state index in [-0.39, 0.29) is 6.09 Å². The van der Waals surface area contributed by atoms with Crippen LogP contribution >= 0.6 is 15.9 Å². The van der Waals surface area contributed by atoms with Gasteiger partial charge in [-0.05, 0) is 91.6 Å². The van der Waals surface area contributed by atoms with Gasteiger partial charge < -0.3 is 25.3 Å². The van der Waals surface area contributed by atoms with Gasteiger partial charge in [0, 0.05) is 11.9 Å². The van der Waals surface area contributed by atoms with Crippen molar-refractivity contribution in [2.75, 3.05) is 39.2 Å². The second-order valence-corrected chi connectivity index (χ2v) is 10.7. The van der Waals surface area contributed by atoms with E-state index in [2.05, 4.69) is 63.7 Å². The number of carbonyl (C=O) groups is 1. The molecule has 0 unspecified atom stereocenters. The van der Waals surface area contributed by atoms with Crippen molar-refractivity contribution in [3.63, 3.8) is 0 Å². The van der Waals surface area contributed by atoms with Crippen molar-refractivity contribution >= 4 is 22.0 Å². The maximum atomic E-state index is 11.6. The summed E-state index contributed by atoms with van der Waals surface area (Å²) in [7, 11) is 3.31. The quantitative estimate of drug-likeness (QED) is 0.106. The monoisotopic (exact) mass is 662 g/mol. The van der Waals surface area contributed by atoms with Gasteiger partial charge in [-0.25, -0.2) is 4.79 Å². The molecule has 0 saturated heterocycles. The van der Waals surface area contributed by atoms with Crippen LogP contribution in [0.4, 0.5) is 4.79 Å². The summed E-state index contributed by atoms with van der Waals surface area (Å²) in [4.78, 5) is 11.6. The molecule has 7 heteroatoms. The van der Waals surface area contributed by atoms with Gasteiger partial charge in [0.1, 0.15) is 11.5 Å². The van der Waals surface area contributed by atoms with Crippen LogP contribution in [0.25, 0.3) is 0 Å². The van der Waals surface area contributed by atoms with Crippen molar-refractivity contribution in [2.24, 2.45) is 5.73 Å². The average Bonchev–Trinajstić information content (AvgIpc) is 3.08. The predicted octanol–water partition coefficient (Wildman–Crippen LogP) is 7.81. The summed E-state index contributed by atoms with van der Waals surface area (Å²) in [6, 6.07) is 36.5. The lowest BCUT2D eigenvalue weighted by Crippen LogP contribution is -2.26. The Balaban J connectivity index is 0.000000266. The normalized spacial score (nSPS) is 9.91. The Morgan fingerprint density at radius 1 is 0.636 bits per heavy atom. The number of hydrogen-bond donors (Lipinski definition) is 2. The first kappa shape index (κ1) is 36.4. The van der Waals surface area contributed by atoms with Gasteiger partial charge in [-0.15, -0.1) is 0 Å². The van der Waals surface area contributed by atoms with Crippen LogP contribution in [0, 0.1) is 0 Å². The van der Waals surface area contributed by atoms with Crippen molar-refractivity contribution < 1.29 is 19.0 Å². The molecule has 0 fully saturated rings. The fraction of sp³-hybridized carbons (Fsp3) is 0.324. The van der Waals surface area contributed by atoms with Crippen molar-refractivity contribution in [1.82, 2.24) is 5.32 Å². The highest BCUT2D eigenvalue weighted by Gasteiger charge is 2.02. The van der Waals surface area contributed by atoms with Crippen LogP contribution in [0.2, 0.25) is 0 Å². The number of hydrogen-bond acceptors (Lipinski definition) is 5. The highest BCUT2D eigenvalue weighted by Crippen LogP contribution is 2.12. The number of carbonyl (C=O) groups excluding carboxylic acids is 1. The van der Waals surface area contributed by atoms with Gasteiger partial charge in [0.05, 0.1) is 20.8 Å². The molecule has 44 heavy (non-hydrogen) atoms. The molecule has 0 aliphatic rings. The first-order valence-electron chi connectivity index (χ1n) is 15.1. The molecule has 0 spiro atoms. The molecule has 4 aromatic rings. The highest BCUT2D eigenvalue weighted by molar-refractivity contribution is 9.09. The Morgan fingerprint density at radius 3 is 1.55 bits per heavy atom. The molecule has 6 nitrogen and oxygen atoms in total. The number of methoxy groups -OCH3 is 2. The second kappa shape index (κ2) is 23.6. The van der Waals surface area contributed by atoms with E-state index in [1.54, 1.807) is 14.2 Å². The van der Waals surface area contributed by atoms with E-state index < -0.39 is 0 Å². The number of ether oxygens (including phenoxy) is 3. The van der Waals surface area contributed by atoms with Crippen LogP contribution < -0.4 is 20.5 Å². The summed E-state index contributed by atoms with van der Waals surface area (Å²) in [5.41, 5.74) is 10.5. The van der Waals surface area contributed by atoms with Gasteiger partial charge in [0.2, 0.25) is 0 Å². The van der Waals surface area contributed by atoms with Gasteiger partial charge in [-0.3, -0.25) is 0 Å². The van der Waals surface area contributed by atoms with Crippen molar-refractivity contribution in [2.45, 2.75) is 38.5 Å². The minimum atomic E-state index is -0.355. The van der Waals surface area contributed by atoms with Crippen LogP contribution in [0.1, 0.15) is 35.1 Å². The summed E-state index contributed by atoms with van der Waals surface area (Å²) >= 11 is 3.41. The predicted molar refractivity (Wildman–Crippen MR) is 185 cm³/mol. The van der Waals surface area contributed by atoms with Crippen LogP contribution in [-0.2, 0) is 30.4 Å². The first-order chi connectivity index (χ1) is 21.6. The summed E-state index contributed by atoms with van der Waals surface area (Å²) < 4.78 is 15.3. The molecule has 236 valence electrons. The van der Waals surface area contributed by atoms with Crippen molar-refractivity contribution in [3.05, 3.63) is 131 Å². The summed E-state index contributed by atoms with van der Waals surface area (Å²) in [6.45, 7) is 1.69. The molecule has 0 aliphatic heterocycles. The van der Waals surface area contributed by atoms with Crippen LogP contribution in [0.3, 0.4) is 0 Å². The number of nitrogens with one attached hydrogen (secondary N) is 1. The van der Waals surface area contributed by atoms with E-state index in [0.29, 0.717) is 19.7 Å². The zero-order valence-corrected chi connectivity index (χ0v) is 27.6. The Bertz CT molecular complexity index is 1250. The van der Waals surface area contributed by atoms with E-state index in [0.717, 1.165) is 48.1 Å². The van der Waals surface area contributed by atoms with E-state index in [4.69, 9.17) is 19.9 Å². The van der Waals surface area contributed by atoms with E-state index in [1.165, 1.54) is 29.5 Å². The fourth-order valence-electron chi connectivity index (χ4n) is 4.11. The maximum Gasteiger partial charge on any atom is 0.407 e. The molecule has 0 heterocycles. The Hall–Kier alpha value is -3.81. The summed E-state index contributed by atoms with van der Waals surface area (Å²) in [6.07, 6.45) is 5.51. The number of alkyl carbamates (subject to hydrolysis) is 1. The SMILES string of the molecule is BrCCCc1ccccc1.COc1ccc(CCN)cc1.COc1ccc(CCNC(=O)OCCCc2ccccc2)cc1. The van der Waals surface area contributed by atoms with Gasteiger partial charge >= 0.3 is 6.09 Å². The van der Waals surface area contributed by atoms with Crippen molar-refractivity contribution in [1.29, 1.82) is 0 Å². The maximum absolute atomic E-state index is 11.6. The highest BCUT2D eigenvalue weighted by atomic mass is 79.9. The average molecular weight is 664 g/mol. The lowest BCUT2D eigenvalue weighted by molar-refractivity contribution is 0.145. The standard InChI is InChI=1S/C19H23NO3.C9H11Br.C9H13NO/c1-22-18-11-9-17(10-12-18)13-14-20-19(21)23-15-5-8-16-6-3-2-4-7-16;10-8-4-7-9-5-2-1-3-6-9;1-11-9-4-2-8(3-5-9)6-7-10/h2-4,6-7,9-12H,5,8,13-15H2,1H3,(H,20,21);1-3,5-6H,4,7-8H2;2-5H,6-7,10H2,1H3. The van der Waals surface area contributed by atoms with E-state index in [1.807, 2.05) is 66.7 Å². The topological polar surface area (TPSA) is 82.8 Å². The van der Waals surface area contributed by atoms with E-state index in [9.17, 15) is 4.79 Å². The minimum Gasteiger partial charge on any atom is -0.497 e. The molecular formula is C37H47BrN2O4. The Labute approximate surface area is 272 Å². The lowest BCUT2D eigenvalue weighted by atomic mass is 10.1. The molecule has 3 N–H and O–H groups in total. The molecule has 0 atom stereocenters. The minimum absolute atomic E-state index is 0.355. The number of amides is 1. The second-order valence-electron chi connectivity index (χ2n) is 9.91.